The van der Waals surface area contributed by atoms with Crippen molar-refractivity contribution < 1.29 is 159 Å². The number of allylic oxidation sites excluding steroid dienone is 4. The molecule has 0 radical (unpaired) electrons. The van der Waals surface area contributed by atoms with Crippen LogP contribution in [0.2, 0.25) is 0 Å². The predicted molar refractivity (Wildman–Crippen MR) is 277 cm³/mol. The maximum absolute atomic E-state index is 14.7. The molecule has 84 heavy (non-hydrogen) atoms. The molecule has 0 aromatic rings. The Morgan fingerprint density at radius 1 is 0.750 bits per heavy atom. The Morgan fingerprint density at radius 2 is 1.37 bits per heavy atom. The first-order chi connectivity index (χ1) is 38.8. The number of hydrogen-bond acceptors (Lipinski definition) is 27. The van der Waals surface area contributed by atoms with E-state index in [4.69, 9.17) is 52.1 Å². The van der Waals surface area contributed by atoms with Crippen LogP contribution in [0.4, 0.5) is 0 Å². The van der Waals surface area contributed by atoms with E-state index in [9.17, 15) is 73.6 Å². The molecule has 3 saturated carbocycles. The molecule has 1 spiro atoms. The summed E-state index contributed by atoms with van der Waals surface area (Å²) >= 11 is 0. The van der Waals surface area contributed by atoms with Gasteiger partial charge in [-0.15, -0.1) is 0 Å². The van der Waals surface area contributed by atoms with Gasteiger partial charge in [0.1, 0.15) is 103 Å². The zero-order valence-corrected chi connectivity index (χ0v) is 52.0. The number of rotatable bonds is 17. The van der Waals surface area contributed by atoms with Gasteiger partial charge in [0.15, 0.2) is 30.8 Å². The van der Waals surface area contributed by atoms with Crippen LogP contribution in [0.5, 0.6) is 0 Å². The maximum atomic E-state index is 14.7. The normalized spacial score (nSPS) is 49.0. The Balaban J connectivity index is 0.00000920. The van der Waals surface area contributed by atoms with Crippen molar-refractivity contribution in [3.8, 4) is 0 Å². The molecule has 0 amide bonds. The molecule has 0 unspecified atom stereocenters. The van der Waals surface area contributed by atoms with Crippen molar-refractivity contribution in [1.82, 2.24) is 0 Å². The molecule has 0 aromatic carbocycles. The van der Waals surface area contributed by atoms with E-state index >= 15 is 0 Å². The summed E-state index contributed by atoms with van der Waals surface area (Å²) in [5, 5.41) is 112. The van der Waals surface area contributed by atoms with Crippen LogP contribution >= 0.6 is 0 Å². The van der Waals surface area contributed by atoms with Gasteiger partial charge in [-0.1, -0.05) is 51.0 Å². The van der Waals surface area contributed by atoms with Crippen LogP contribution in [0.25, 0.3) is 0 Å². The number of aliphatic hydroxyl groups is 10. The van der Waals surface area contributed by atoms with Crippen molar-refractivity contribution >= 4 is 22.3 Å². The Morgan fingerprint density at radius 3 is 2.00 bits per heavy atom. The van der Waals surface area contributed by atoms with Crippen molar-refractivity contribution in [2.45, 2.75) is 241 Å². The molecule has 10 N–H and O–H groups in total. The number of esters is 2. The fourth-order valence-corrected chi connectivity index (χ4v) is 16.8. The molecule has 5 heterocycles. The Hall–Kier alpha value is -1.47. The molecule has 9 aliphatic rings. The first-order valence-corrected chi connectivity index (χ1v) is 29.9. The van der Waals surface area contributed by atoms with E-state index < -0.39 is 204 Å². The number of cyclic esters (lactones) is 1. The zero-order valence-electron chi connectivity index (χ0n) is 49.2. The summed E-state index contributed by atoms with van der Waals surface area (Å²) in [6.07, 6.45) is -25.6. The van der Waals surface area contributed by atoms with Gasteiger partial charge in [0.05, 0.1) is 32.5 Å². The molecule has 27 atom stereocenters. The van der Waals surface area contributed by atoms with E-state index in [1.54, 1.807) is 6.92 Å². The zero-order chi connectivity index (χ0) is 60.9. The van der Waals surface area contributed by atoms with Crippen LogP contribution in [0, 0.1) is 33.5 Å². The van der Waals surface area contributed by atoms with Gasteiger partial charge in [-0.05, 0) is 94.8 Å². The summed E-state index contributed by atoms with van der Waals surface area (Å²) in [7, 11) is -4.28. The van der Waals surface area contributed by atoms with E-state index in [2.05, 4.69) is 17.2 Å². The molecule has 4 aliphatic carbocycles. The smallest absolute Gasteiger partial charge is 0.726 e. The second-order valence-corrected chi connectivity index (χ2v) is 26.7. The average Bonchev–Trinajstić information content (AvgIpc) is 1.48. The van der Waals surface area contributed by atoms with E-state index in [-0.39, 0.29) is 54.2 Å². The molecule has 27 nitrogen and oxygen atoms in total. The first-order valence-electron chi connectivity index (χ1n) is 28.6. The van der Waals surface area contributed by atoms with Gasteiger partial charge in [-0.3, -0.25) is 13.8 Å². The second-order valence-electron chi connectivity index (χ2n) is 25.7. The molecule has 474 valence electrons. The van der Waals surface area contributed by atoms with Gasteiger partial charge in [0.25, 0.3) is 0 Å². The number of fused-ring (bicyclic) bond motifs is 4. The predicted octanol–water partition coefficient (Wildman–Crippen LogP) is -4.63. The third kappa shape index (κ3) is 11.5. The summed E-state index contributed by atoms with van der Waals surface area (Å²) in [6.45, 7) is 12.3. The van der Waals surface area contributed by atoms with Gasteiger partial charge in [-0.25, -0.2) is 8.42 Å². The van der Waals surface area contributed by atoms with Crippen molar-refractivity contribution in [3.63, 3.8) is 0 Å². The van der Waals surface area contributed by atoms with Crippen molar-refractivity contribution in [2.24, 2.45) is 33.5 Å². The SMILES string of the molecule is CO[C@@H]1[C@@H](O)[C@H](O[C@@H]2[C@@H](O)[C@H](O[C@H]3[C@H](O)[C@@H](O)[C@H](O[C@H]4[C@H](O[C@H]5CC[C@]6(C)[C@@H]7CC[C@]89C(=O)O[C@@](C)(CCC=C(C)C)[C@@]8(O)[C@@H](OC(C)=O)C[C@@]9(C)C7=CC[C@H]6C5(C)C)OC[C@@H](OS(=O)(=O)[O-])[C@@H]4O)O[C@@H]3CO)OC[C@H]2O)O[C@H](CO)[C@H]1O.[Na+]. The Bertz CT molecular complexity index is 2540. The molecule has 0 bridgehead atoms. The fraction of sp³-hybridized carbons (Fsp3) is 0.891. The fourth-order valence-electron chi connectivity index (χ4n) is 16.3. The van der Waals surface area contributed by atoms with Gasteiger partial charge in [-0.2, -0.15) is 0 Å². The molecule has 5 aliphatic heterocycles. The standard InChI is InChI=1S/C55H86O27S.Na/c1-24(2)11-10-16-53(8)55(67)34(74-25(3)58)19-52(7)27-12-13-32-50(4,5)33(15-17-51(32,6)26(27)14-18-54(52,55)49(66)81-53)77-48-44(36(61)31(23-73-48)82-83(68,69)70)80-46-38(63)37(62)42(30(21-57)76-46)79-45-39(64)41(28(59)22-72-45)78-47-40(65)43(71-9)35(60)29(20-56)75-47;/h11-12,26,28-48,56-57,59-65,67H,10,13-23H2,1-9H3,(H,68,69,70);/q;+1/p-1/t26-,28-,29-,30-,31-,32+,33+,34+,35-,36+,37-,38-,39-,40-,41+,42-,43+,44-,45+,46+,47+,48+,51-,52+,53+,54-,55+;/m1./s1. The number of ether oxygens (including phenoxy) is 11. The Kier molecular flexibility index (Phi) is 20.6. The van der Waals surface area contributed by atoms with Gasteiger partial charge < -0.3 is 108 Å². The van der Waals surface area contributed by atoms with E-state index in [1.165, 1.54) is 14.0 Å². The monoisotopic (exact) mass is 1230 g/mol. The van der Waals surface area contributed by atoms with Crippen LogP contribution in [-0.2, 0) is 76.3 Å². The van der Waals surface area contributed by atoms with Crippen molar-refractivity contribution in [1.29, 1.82) is 0 Å². The van der Waals surface area contributed by atoms with Gasteiger partial charge in [0, 0.05) is 19.4 Å². The third-order valence-electron chi connectivity index (χ3n) is 20.4. The third-order valence-corrected chi connectivity index (χ3v) is 20.9. The Labute approximate surface area is 510 Å². The van der Waals surface area contributed by atoms with Crippen LogP contribution in [-0.4, -0.2) is 244 Å². The van der Waals surface area contributed by atoms with Crippen LogP contribution in [0.15, 0.2) is 23.3 Å². The minimum absolute atomic E-state index is 0. The van der Waals surface area contributed by atoms with Gasteiger partial charge in [0.2, 0.25) is 10.4 Å². The quantitative estimate of drug-likeness (QED) is 0.0215. The number of hydrogen-bond donors (Lipinski definition) is 10. The molecular weight excluding hydrogens is 1150 g/mol. The van der Waals surface area contributed by atoms with Crippen molar-refractivity contribution in [3.05, 3.63) is 23.3 Å². The number of carbonyl (C=O) groups is 2. The molecule has 29 heteroatoms. The molecule has 5 saturated heterocycles. The minimum atomic E-state index is -5.46. The minimum Gasteiger partial charge on any atom is -0.726 e. The molecule has 8 fully saturated rings. The summed E-state index contributed by atoms with van der Waals surface area (Å²) in [6, 6.07) is 0. The summed E-state index contributed by atoms with van der Waals surface area (Å²) in [5.74, 6) is -1.33. The largest absolute Gasteiger partial charge is 1.00 e. The number of methoxy groups -OCH3 is 1. The first kappa shape index (κ1) is 68.4. The van der Waals surface area contributed by atoms with E-state index in [0.717, 1.165) is 11.1 Å². The molecule has 9 rings (SSSR count). The van der Waals surface area contributed by atoms with Crippen LogP contribution < -0.4 is 29.6 Å². The molecular formula is C55H85NaO27S. The second kappa shape index (κ2) is 25.3. The van der Waals surface area contributed by atoms with Gasteiger partial charge >= 0.3 is 41.5 Å². The van der Waals surface area contributed by atoms with E-state index in [0.29, 0.717) is 38.5 Å². The summed E-state index contributed by atoms with van der Waals surface area (Å²) in [4.78, 5) is 27.5. The van der Waals surface area contributed by atoms with E-state index in [1.807, 2.05) is 40.7 Å². The number of aliphatic hydroxyl groups excluding tert-OH is 9. The summed E-state index contributed by atoms with van der Waals surface area (Å²) in [5.41, 5.74) is -4.75. The molecule has 0 aromatic heterocycles. The average molecular weight is 1230 g/mol. The maximum Gasteiger partial charge on any atom is 1.00 e. The van der Waals surface area contributed by atoms with Crippen molar-refractivity contribution in [2.75, 3.05) is 33.5 Å². The van der Waals surface area contributed by atoms with Crippen LogP contribution in [0.3, 0.4) is 0 Å². The number of carbonyl (C=O) groups excluding carboxylic acids is 2. The van der Waals surface area contributed by atoms with Crippen LogP contribution in [0.1, 0.15) is 107 Å². The summed E-state index contributed by atoms with van der Waals surface area (Å²) < 4.78 is 105. The topological polar surface area (TPSA) is 404 Å².